The Hall–Kier alpha value is -2.57. The highest BCUT2D eigenvalue weighted by molar-refractivity contribution is 5.90. The smallest absolute Gasteiger partial charge is 0.326 e. The van der Waals surface area contributed by atoms with Gasteiger partial charge >= 0.3 is 5.97 Å². The topological polar surface area (TPSA) is 105 Å². The van der Waals surface area contributed by atoms with E-state index in [0.29, 0.717) is 5.75 Å². The number of carboxylic acids is 1. The molecule has 1 aromatic carbocycles. The SMILES string of the molecule is COc1ccc(C[C@H](NC(=O)[C@H](NC(C)=O)C(C)C)C(=O)O)cc1. The third kappa shape index (κ3) is 5.91. The number of carboxylic acid groups (broad SMARTS) is 1. The Kier molecular flexibility index (Phi) is 7.23. The van der Waals surface area contributed by atoms with Crippen molar-refractivity contribution in [1.82, 2.24) is 10.6 Å². The van der Waals surface area contributed by atoms with E-state index >= 15 is 0 Å². The Labute approximate surface area is 141 Å². The van der Waals surface area contributed by atoms with Gasteiger partial charge in [0.15, 0.2) is 0 Å². The molecule has 0 aliphatic rings. The predicted octanol–water partition coefficient (Wildman–Crippen LogP) is 0.968. The molecule has 132 valence electrons. The van der Waals surface area contributed by atoms with Gasteiger partial charge in [-0.15, -0.1) is 0 Å². The maximum Gasteiger partial charge on any atom is 0.326 e. The zero-order chi connectivity index (χ0) is 18.3. The first-order valence-electron chi connectivity index (χ1n) is 7.67. The number of hydrogen-bond donors (Lipinski definition) is 3. The highest BCUT2D eigenvalue weighted by Gasteiger charge is 2.28. The molecular formula is C17H24N2O5. The van der Waals surface area contributed by atoms with Gasteiger partial charge in [-0.25, -0.2) is 4.79 Å². The molecule has 0 bridgehead atoms. The third-order valence-electron chi connectivity index (χ3n) is 3.52. The third-order valence-corrected chi connectivity index (χ3v) is 3.52. The zero-order valence-electron chi connectivity index (χ0n) is 14.3. The molecule has 0 aliphatic carbocycles. The average molecular weight is 336 g/mol. The van der Waals surface area contributed by atoms with Crippen molar-refractivity contribution >= 4 is 17.8 Å². The number of rotatable bonds is 8. The van der Waals surface area contributed by atoms with E-state index in [1.807, 2.05) is 0 Å². The van der Waals surface area contributed by atoms with Crippen LogP contribution in [0.5, 0.6) is 5.75 Å². The lowest BCUT2D eigenvalue weighted by Crippen LogP contribution is -2.53. The van der Waals surface area contributed by atoms with Crippen LogP contribution in [0, 0.1) is 5.92 Å². The number of hydrogen-bond acceptors (Lipinski definition) is 4. The molecule has 0 fully saturated rings. The fourth-order valence-corrected chi connectivity index (χ4v) is 2.21. The van der Waals surface area contributed by atoms with E-state index in [0.717, 1.165) is 5.56 Å². The normalized spacial score (nSPS) is 13.0. The highest BCUT2D eigenvalue weighted by Crippen LogP contribution is 2.13. The number of ether oxygens (including phenoxy) is 1. The second kappa shape index (κ2) is 8.90. The van der Waals surface area contributed by atoms with Crippen LogP contribution < -0.4 is 15.4 Å². The van der Waals surface area contributed by atoms with E-state index in [-0.39, 0.29) is 18.2 Å². The molecule has 0 saturated heterocycles. The number of aliphatic carboxylic acids is 1. The number of carbonyl (C=O) groups excluding carboxylic acids is 2. The van der Waals surface area contributed by atoms with Gasteiger partial charge in [0.25, 0.3) is 0 Å². The van der Waals surface area contributed by atoms with E-state index in [4.69, 9.17) is 4.74 Å². The van der Waals surface area contributed by atoms with Crippen molar-refractivity contribution in [3.63, 3.8) is 0 Å². The average Bonchev–Trinajstić information content (AvgIpc) is 2.52. The summed E-state index contributed by atoms with van der Waals surface area (Å²) >= 11 is 0. The Bertz CT molecular complexity index is 583. The number of nitrogens with one attached hydrogen (secondary N) is 2. The van der Waals surface area contributed by atoms with E-state index in [1.54, 1.807) is 45.2 Å². The second-order valence-electron chi connectivity index (χ2n) is 5.87. The van der Waals surface area contributed by atoms with Crippen LogP contribution in [0.4, 0.5) is 0 Å². The minimum absolute atomic E-state index is 0.135. The summed E-state index contributed by atoms with van der Waals surface area (Å²) in [6.07, 6.45) is 0.135. The van der Waals surface area contributed by atoms with Gasteiger partial charge in [-0.3, -0.25) is 9.59 Å². The van der Waals surface area contributed by atoms with Gasteiger partial charge in [0, 0.05) is 13.3 Å². The van der Waals surface area contributed by atoms with Crippen molar-refractivity contribution in [2.45, 2.75) is 39.3 Å². The summed E-state index contributed by atoms with van der Waals surface area (Å²) < 4.78 is 5.05. The first-order chi connectivity index (χ1) is 11.2. The number of carbonyl (C=O) groups is 3. The van der Waals surface area contributed by atoms with Gasteiger partial charge in [-0.05, 0) is 23.6 Å². The van der Waals surface area contributed by atoms with Crippen molar-refractivity contribution in [1.29, 1.82) is 0 Å². The van der Waals surface area contributed by atoms with Gasteiger partial charge in [0.1, 0.15) is 17.8 Å². The van der Waals surface area contributed by atoms with Crippen LogP contribution in [0.1, 0.15) is 26.3 Å². The second-order valence-corrected chi connectivity index (χ2v) is 5.87. The first kappa shape index (κ1) is 19.5. The van der Waals surface area contributed by atoms with Crippen molar-refractivity contribution < 1.29 is 24.2 Å². The molecular weight excluding hydrogens is 312 g/mol. The quantitative estimate of drug-likeness (QED) is 0.656. The largest absolute Gasteiger partial charge is 0.497 e. The molecule has 0 aliphatic heterocycles. The van der Waals surface area contributed by atoms with Crippen LogP contribution in [-0.2, 0) is 20.8 Å². The molecule has 0 radical (unpaired) electrons. The van der Waals surface area contributed by atoms with Crippen molar-refractivity contribution in [2.24, 2.45) is 5.92 Å². The molecule has 7 nitrogen and oxygen atoms in total. The Morgan fingerprint density at radius 2 is 1.71 bits per heavy atom. The molecule has 2 amide bonds. The van der Waals surface area contributed by atoms with Crippen molar-refractivity contribution in [3.8, 4) is 5.75 Å². The van der Waals surface area contributed by atoms with E-state index < -0.39 is 24.0 Å². The predicted molar refractivity (Wildman–Crippen MR) is 88.7 cm³/mol. The summed E-state index contributed by atoms with van der Waals surface area (Å²) in [6.45, 7) is 4.87. The summed E-state index contributed by atoms with van der Waals surface area (Å²) in [5, 5.41) is 14.4. The molecule has 2 atom stereocenters. The molecule has 0 spiro atoms. The molecule has 1 rings (SSSR count). The summed E-state index contributed by atoms with van der Waals surface area (Å²) in [7, 11) is 1.54. The summed E-state index contributed by atoms with van der Waals surface area (Å²) in [6, 6.07) is 5.08. The first-order valence-corrected chi connectivity index (χ1v) is 7.67. The van der Waals surface area contributed by atoms with Gasteiger partial charge in [-0.1, -0.05) is 26.0 Å². The molecule has 0 saturated carbocycles. The molecule has 3 N–H and O–H groups in total. The standard InChI is InChI=1S/C17H24N2O5/c1-10(2)15(18-11(3)20)16(21)19-14(17(22)23)9-12-5-7-13(24-4)8-6-12/h5-8,10,14-15H,9H2,1-4H3,(H,18,20)(H,19,21)(H,22,23)/t14-,15+/m0/s1. The van der Waals surface area contributed by atoms with E-state index in [1.165, 1.54) is 6.92 Å². The lowest BCUT2D eigenvalue weighted by Gasteiger charge is -2.23. The fourth-order valence-electron chi connectivity index (χ4n) is 2.21. The molecule has 0 unspecified atom stereocenters. The maximum absolute atomic E-state index is 12.3. The van der Waals surface area contributed by atoms with Crippen LogP contribution in [0.2, 0.25) is 0 Å². The highest BCUT2D eigenvalue weighted by atomic mass is 16.5. The van der Waals surface area contributed by atoms with Crippen LogP contribution in [0.15, 0.2) is 24.3 Å². The van der Waals surface area contributed by atoms with E-state index in [9.17, 15) is 19.5 Å². The van der Waals surface area contributed by atoms with Crippen molar-refractivity contribution in [3.05, 3.63) is 29.8 Å². The maximum atomic E-state index is 12.3. The number of benzene rings is 1. The minimum Gasteiger partial charge on any atom is -0.497 e. The zero-order valence-corrected chi connectivity index (χ0v) is 14.3. The Morgan fingerprint density at radius 1 is 1.12 bits per heavy atom. The molecule has 7 heteroatoms. The van der Waals surface area contributed by atoms with Gasteiger partial charge in [-0.2, -0.15) is 0 Å². The van der Waals surface area contributed by atoms with Gasteiger partial charge in [0.2, 0.25) is 11.8 Å². The summed E-state index contributed by atoms with van der Waals surface area (Å²) in [4.78, 5) is 35.0. The number of methoxy groups -OCH3 is 1. The summed E-state index contributed by atoms with van der Waals surface area (Å²) in [5.41, 5.74) is 0.754. The van der Waals surface area contributed by atoms with Gasteiger partial charge in [0.05, 0.1) is 7.11 Å². The van der Waals surface area contributed by atoms with Crippen LogP contribution in [-0.4, -0.2) is 42.1 Å². The molecule has 0 heterocycles. The number of amides is 2. The Balaban J connectivity index is 2.81. The lowest BCUT2D eigenvalue weighted by atomic mass is 10.0. The van der Waals surface area contributed by atoms with Gasteiger partial charge < -0.3 is 20.5 Å². The lowest BCUT2D eigenvalue weighted by molar-refractivity contribution is -0.142. The Morgan fingerprint density at radius 3 is 2.12 bits per heavy atom. The van der Waals surface area contributed by atoms with E-state index in [2.05, 4.69) is 10.6 Å². The molecule has 24 heavy (non-hydrogen) atoms. The fraction of sp³-hybridized carbons (Fsp3) is 0.471. The molecule has 1 aromatic rings. The minimum atomic E-state index is -1.13. The van der Waals surface area contributed by atoms with Crippen LogP contribution in [0.3, 0.4) is 0 Å². The molecule has 0 aromatic heterocycles. The van der Waals surface area contributed by atoms with Crippen LogP contribution >= 0.6 is 0 Å². The monoisotopic (exact) mass is 336 g/mol. The van der Waals surface area contributed by atoms with Crippen molar-refractivity contribution in [2.75, 3.05) is 7.11 Å². The summed E-state index contributed by atoms with van der Waals surface area (Å²) in [5.74, 6) is -1.49. The van der Waals surface area contributed by atoms with Crippen LogP contribution in [0.25, 0.3) is 0 Å².